The monoisotopic (exact) mass is 274 g/mol. The minimum Gasteiger partial charge on any atom is -0.396 e. The molecule has 5 heteroatoms. The highest BCUT2D eigenvalue weighted by atomic mass is 16.3. The maximum absolute atomic E-state index is 12.1. The predicted molar refractivity (Wildman–Crippen MR) is 74.5 cm³/mol. The molecule has 0 unspecified atom stereocenters. The molecular weight excluding hydrogens is 256 g/mol. The Balaban J connectivity index is 1.68. The van der Waals surface area contributed by atoms with Crippen molar-refractivity contribution in [2.75, 3.05) is 18.5 Å². The van der Waals surface area contributed by atoms with Gasteiger partial charge in [-0.25, -0.2) is 0 Å². The van der Waals surface area contributed by atoms with Crippen molar-refractivity contribution in [2.24, 2.45) is 5.41 Å². The number of anilines is 1. The summed E-state index contributed by atoms with van der Waals surface area (Å²) in [6, 6.07) is 5.33. The summed E-state index contributed by atoms with van der Waals surface area (Å²) in [7, 11) is 0. The van der Waals surface area contributed by atoms with E-state index in [-0.39, 0.29) is 23.8 Å². The first kappa shape index (κ1) is 13.1. The summed E-state index contributed by atoms with van der Waals surface area (Å²) in [5, 5.41) is 14.9. The van der Waals surface area contributed by atoms with Crippen LogP contribution in [-0.2, 0) is 11.2 Å². The second kappa shape index (κ2) is 4.90. The van der Waals surface area contributed by atoms with Crippen LogP contribution >= 0.6 is 0 Å². The van der Waals surface area contributed by atoms with Gasteiger partial charge in [-0.05, 0) is 43.0 Å². The average molecular weight is 274 g/mol. The lowest BCUT2D eigenvalue weighted by atomic mass is 10.00. The molecule has 2 amide bonds. The number of nitrogens with one attached hydrogen (secondary N) is 2. The van der Waals surface area contributed by atoms with Gasteiger partial charge in [-0.1, -0.05) is 0 Å². The van der Waals surface area contributed by atoms with Crippen LogP contribution in [0.25, 0.3) is 0 Å². The lowest BCUT2D eigenvalue weighted by Crippen LogP contribution is -2.32. The van der Waals surface area contributed by atoms with Crippen LogP contribution in [0.5, 0.6) is 0 Å². The molecule has 2 aliphatic rings. The van der Waals surface area contributed by atoms with Gasteiger partial charge in [0.15, 0.2) is 0 Å². The normalized spacial score (nSPS) is 18.9. The van der Waals surface area contributed by atoms with Crippen LogP contribution in [0.1, 0.15) is 35.2 Å². The number of hydrogen-bond donors (Lipinski definition) is 3. The van der Waals surface area contributed by atoms with Crippen molar-refractivity contribution in [1.82, 2.24) is 5.32 Å². The number of aryl methyl sites for hydroxylation is 1. The molecule has 0 atom stereocenters. The first-order valence-electron chi connectivity index (χ1n) is 6.94. The average Bonchev–Trinajstić information content (AvgIpc) is 3.25. The Labute approximate surface area is 117 Å². The minimum absolute atomic E-state index is 0.0216. The lowest BCUT2D eigenvalue weighted by Gasteiger charge is -2.18. The molecule has 1 fully saturated rings. The third-order valence-electron chi connectivity index (χ3n) is 4.18. The third-order valence-corrected chi connectivity index (χ3v) is 4.18. The van der Waals surface area contributed by atoms with E-state index in [1.807, 2.05) is 6.07 Å². The van der Waals surface area contributed by atoms with E-state index in [2.05, 4.69) is 10.6 Å². The van der Waals surface area contributed by atoms with Gasteiger partial charge in [0.2, 0.25) is 5.91 Å². The summed E-state index contributed by atoms with van der Waals surface area (Å²) in [6.45, 7) is 0.652. The Morgan fingerprint density at radius 1 is 1.35 bits per heavy atom. The summed E-state index contributed by atoms with van der Waals surface area (Å²) < 4.78 is 0. The molecule has 0 aromatic heterocycles. The fraction of sp³-hybridized carbons (Fsp3) is 0.467. The molecule has 20 heavy (non-hydrogen) atoms. The highest BCUT2D eigenvalue weighted by Gasteiger charge is 2.42. The van der Waals surface area contributed by atoms with E-state index in [1.165, 1.54) is 0 Å². The van der Waals surface area contributed by atoms with Crippen molar-refractivity contribution in [3.63, 3.8) is 0 Å². The highest BCUT2D eigenvalue weighted by molar-refractivity contribution is 5.97. The van der Waals surface area contributed by atoms with Crippen LogP contribution in [0, 0.1) is 5.41 Å². The molecule has 3 rings (SSSR count). The van der Waals surface area contributed by atoms with Crippen molar-refractivity contribution in [3.05, 3.63) is 29.3 Å². The molecule has 1 aromatic carbocycles. The van der Waals surface area contributed by atoms with E-state index in [0.717, 1.165) is 24.1 Å². The van der Waals surface area contributed by atoms with E-state index in [1.54, 1.807) is 12.1 Å². The Bertz CT molecular complexity index is 564. The number of rotatable bonds is 4. The van der Waals surface area contributed by atoms with Gasteiger partial charge in [-0.3, -0.25) is 9.59 Å². The maximum Gasteiger partial charge on any atom is 0.251 e. The summed E-state index contributed by atoms with van der Waals surface area (Å²) in [4.78, 5) is 23.4. The van der Waals surface area contributed by atoms with Gasteiger partial charge in [-0.2, -0.15) is 0 Å². The first-order chi connectivity index (χ1) is 9.62. The van der Waals surface area contributed by atoms with Gasteiger partial charge in [0, 0.05) is 29.6 Å². The van der Waals surface area contributed by atoms with Crippen molar-refractivity contribution in [2.45, 2.75) is 25.7 Å². The number of carbonyl (C=O) groups excluding carboxylic acids is 2. The van der Waals surface area contributed by atoms with Gasteiger partial charge >= 0.3 is 0 Å². The molecule has 1 aromatic rings. The maximum atomic E-state index is 12.1. The molecular formula is C15H18N2O3. The first-order valence-corrected chi connectivity index (χ1v) is 6.94. The molecule has 1 saturated carbocycles. The van der Waals surface area contributed by atoms with E-state index in [4.69, 9.17) is 0 Å². The molecule has 3 N–H and O–H groups in total. The smallest absolute Gasteiger partial charge is 0.251 e. The van der Waals surface area contributed by atoms with Crippen molar-refractivity contribution in [3.8, 4) is 0 Å². The summed E-state index contributed by atoms with van der Waals surface area (Å²) in [5.41, 5.74) is 2.32. The van der Waals surface area contributed by atoms with Crippen LogP contribution in [0.3, 0.4) is 0 Å². The molecule has 0 spiro atoms. The number of hydrogen-bond acceptors (Lipinski definition) is 3. The standard InChI is InChI=1S/C15H18N2O3/c18-9-15(5-6-15)8-16-14(20)11-1-3-12-10(7-11)2-4-13(19)17-12/h1,3,7,18H,2,4-6,8-9H2,(H,16,20)(H,17,19). The summed E-state index contributed by atoms with van der Waals surface area (Å²) in [6.07, 6.45) is 3.08. The molecule has 5 nitrogen and oxygen atoms in total. The zero-order valence-corrected chi connectivity index (χ0v) is 11.2. The molecule has 1 aliphatic carbocycles. The zero-order chi connectivity index (χ0) is 14.2. The Morgan fingerprint density at radius 2 is 2.15 bits per heavy atom. The number of aliphatic hydroxyl groups is 1. The van der Waals surface area contributed by atoms with Crippen molar-refractivity contribution >= 4 is 17.5 Å². The number of fused-ring (bicyclic) bond motifs is 1. The molecule has 0 radical (unpaired) electrons. The van der Waals surface area contributed by atoms with Crippen LogP contribution in [0.15, 0.2) is 18.2 Å². The number of aliphatic hydroxyl groups excluding tert-OH is 1. The van der Waals surface area contributed by atoms with Crippen molar-refractivity contribution < 1.29 is 14.7 Å². The largest absolute Gasteiger partial charge is 0.396 e. The van der Waals surface area contributed by atoms with Crippen LogP contribution in [0.4, 0.5) is 5.69 Å². The zero-order valence-electron chi connectivity index (χ0n) is 11.2. The SMILES string of the molecule is O=C1CCc2cc(C(=O)NCC3(CO)CC3)ccc2N1. The Morgan fingerprint density at radius 3 is 2.85 bits per heavy atom. The quantitative estimate of drug-likeness (QED) is 0.768. The number of benzene rings is 1. The van der Waals surface area contributed by atoms with Crippen LogP contribution in [-0.4, -0.2) is 30.1 Å². The van der Waals surface area contributed by atoms with E-state index >= 15 is 0 Å². The topological polar surface area (TPSA) is 78.4 Å². The van der Waals surface area contributed by atoms with Crippen molar-refractivity contribution in [1.29, 1.82) is 0 Å². The fourth-order valence-corrected chi connectivity index (χ4v) is 2.46. The summed E-state index contributed by atoms with van der Waals surface area (Å²) in [5.74, 6) is -0.0993. The van der Waals surface area contributed by atoms with Gasteiger partial charge in [0.25, 0.3) is 5.91 Å². The fourth-order valence-electron chi connectivity index (χ4n) is 2.46. The predicted octanol–water partition coefficient (Wildman–Crippen LogP) is 1.07. The lowest BCUT2D eigenvalue weighted by molar-refractivity contribution is -0.116. The van der Waals surface area contributed by atoms with Crippen LogP contribution in [0.2, 0.25) is 0 Å². The third kappa shape index (κ3) is 2.54. The van der Waals surface area contributed by atoms with Gasteiger partial charge < -0.3 is 15.7 Å². The number of carbonyl (C=O) groups is 2. The molecule has 1 aliphatic heterocycles. The van der Waals surface area contributed by atoms with E-state index < -0.39 is 0 Å². The van der Waals surface area contributed by atoms with Gasteiger partial charge in [0.1, 0.15) is 0 Å². The second-order valence-corrected chi connectivity index (χ2v) is 5.76. The molecule has 1 heterocycles. The minimum atomic E-state index is -0.121. The molecule has 106 valence electrons. The molecule has 0 saturated heterocycles. The van der Waals surface area contributed by atoms with Gasteiger partial charge in [0.05, 0.1) is 6.61 Å². The van der Waals surface area contributed by atoms with Gasteiger partial charge in [-0.15, -0.1) is 0 Å². The van der Waals surface area contributed by atoms with E-state index in [0.29, 0.717) is 24.9 Å². The molecule has 0 bridgehead atoms. The van der Waals surface area contributed by atoms with Crippen LogP contribution < -0.4 is 10.6 Å². The second-order valence-electron chi connectivity index (χ2n) is 5.76. The summed E-state index contributed by atoms with van der Waals surface area (Å²) >= 11 is 0. The Hall–Kier alpha value is -1.88. The van der Waals surface area contributed by atoms with E-state index in [9.17, 15) is 14.7 Å². The highest BCUT2D eigenvalue weighted by Crippen LogP contribution is 2.44. The Kier molecular flexibility index (Phi) is 3.22. The number of amides is 2.